The summed E-state index contributed by atoms with van der Waals surface area (Å²) in [4.78, 5) is 0. The highest BCUT2D eigenvalue weighted by Gasteiger charge is 2.79. The Labute approximate surface area is 162 Å². The Hall–Kier alpha value is -0.420. The maximum Gasteiger partial charge on any atom is 0.171 e. The van der Waals surface area contributed by atoms with Gasteiger partial charge in [0.15, 0.2) is 5.79 Å². The van der Waals surface area contributed by atoms with Crippen LogP contribution in [0.4, 0.5) is 0 Å². The van der Waals surface area contributed by atoms with E-state index >= 15 is 0 Å². The number of ether oxygens (including phenoxy) is 3. The van der Waals surface area contributed by atoms with Crippen LogP contribution >= 0.6 is 0 Å². The van der Waals surface area contributed by atoms with Crippen LogP contribution in [0.3, 0.4) is 0 Å². The SMILES string of the molecule is CC1(C)COC2(CC[C@]34OC3(CCC3C4=CC[C@@]4(C)C3CC[C@@H]4O)C2)OC1. The minimum atomic E-state index is -0.421. The monoisotopic (exact) mass is 374 g/mol. The third-order valence-electron chi connectivity index (χ3n) is 9.26. The van der Waals surface area contributed by atoms with E-state index < -0.39 is 5.79 Å². The van der Waals surface area contributed by atoms with Crippen LogP contribution in [0.2, 0.25) is 0 Å². The van der Waals surface area contributed by atoms with E-state index in [-0.39, 0.29) is 28.1 Å². The molecule has 2 saturated heterocycles. The number of hydrogen-bond acceptors (Lipinski definition) is 4. The zero-order valence-corrected chi connectivity index (χ0v) is 17.1. The van der Waals surface area contributed by atoms with Crippen molar-refractivity contribution < 1.29 is 19.3 Å². The van der Waals surface area contributed by atoms with Crippen molar-refractivity contribution >= 4 is 0 Å². The van der Waals surface area contributed by atoms with Crippen LogP contribution in [0.15, 0.2) is 11.6 Å². The van der Waals surface area contributed by atoms with Gasteiger partial charge >= 0.3 is 0 Å². The van der Waals surface area contributed by atoms with Crippen molar-refractivity contribution in [1.82, 2.24) is 0 Å². The van der Waals surface area contributed by atoms with Gasteiger partial charge in [-0.25, -0.2) is 0 Å². The number of rotatable bonds is 0. The zero-order valence-electron chi connectivity index (χ0n) is 17.1. The molecule has 5 fully saturated rings. The maximum atomic E-state index is 10.6. The van der Waals surface area contributed by atoms with E-state index in [9.17, 15) is 5.11 Å². The highest BCUT2D eigenvalue weighted by atomic mass is 16.7. The van der Waals surface area contributed by atoms with Gasteiger partial charge in [0.1, 0.15) is 11.2 Å². The smallest absolute Gasteiger partial charge is 0.171 e. The molecule has 2 aliphatic heterocycles. The summed E-state index contributed by atoms with van der Waals surface area (Å²) in [6, 6.07) is 0. The lowest BCUT2D eigenvalue weighted by Crippen LogP contribution is -2.56. The molecule has 1 spiro atoms. The van der Waals surface area contributed by atoms with Gasteiger partial charge in [0.25, 0.3) is 0 Å². The zero-order chi connectivity index (χ0) is 18.7. The van der Waals surface area contributed by atoms with Crippen LogP contribution in [-0.4, -0.2) is 41.4 Å². The van der Waals surface area contributed by atoms with E-state index in [1.807, 2.05) is 0 Å². The van der Waals surface area contributed by atoms with E-state index in [0.717, 1.165) is 51.7 Å². The lowest BCUT2D eigenvalue weighted by molar-refractivity contribution is -0.313. The van der Waals surface area contributed by atoms with Gasteiger partial charge in [-0.1, -0.05) is 26.8 Å². The molecule has 3 unspecified atom stereocenters. The van der Waals surface area contributed by atoms with Crippen molar-refractivity contribution in [3.8, 4) is 0 Å². The molecular formula is C23H34O4. The molecule has 2 heterocycles. The Balaban J connectivity index is 1.29. The maximum absolute atomic E-state index is 10.6. The van der Waals surface area contributed by atoms with Gasteiger partial charge in [0.05, 0.1) is 19.3 Å². The molecule has 1 N–H and O–H groups in total. The molecule has 27 heavy (non-hydrogen) atoms. The summed E-state index contributed by atoms with van der Waals surface area (Å²) in [6.45, 7) is 8.30. The molecule has 4 nitrogen and oxygen atoms in total. The van der Waals surface area contributed by atoms with Crippen LogP contribution in [0.5, 0.6) is 0 Å². The van der Waals surface area contributed by atoms with Gasteiger partial charge in [0, 0.05) is 23.7 Å². The standard InChI is InChI=1S/C23H34O4/c1-19(2)13-25-22(26-14-19)10-11-23-17-7-8-20(3)16(4-5-18(20)24)15(17)6-9-21(23,12-22)27-23/h7,15-16,18,24H,4-6,8-14H2,1-3H3/t15?,16?,18-,20-,21?,23+/m0/s1. The highest BCUT2D eigenvalue weighted by molar-refractivity contribution is 5.43. The summed E-state index contributed by atoms with van der Waals surface area (Å²) in [7, 11) is 0. The number of fused-ring (bicyclic) bond motifs is 3. The van der Waals surface area contributed by atoms with Gasteiger partial charge in [-0.3, -0.25) is 0 Å². The predicted octanol–water partition coefficient (Wildman–Crippen LogP) is 3.96. The molecule has 0 amide bonds. The second-order valence-corrected chi connectivity index (χ2v) is 11.5. The van der Waals surface area contributed by atoms with Crippen molar-refractivity contribution in [3.63, 3.8) is 0 Å². The van der Waals surface area contributed by atoms with E-state index in [2.05, 4.69) is 26.8 Å². The van der Waals surface area contributed by atoms with Crippen LogP contribution in [0, 0.1) is 22.7 Å². The molecule has 0 aromatic rings. The average molecular weight is 375 g/mol. The summed E-state index contributed by atoms with van der Waals surface area (Å²) in [5.74, 6) is 0.816. The molecule has 0 bridgehead atoms. The highest BCUT2D eigenvalue weighted by Crippen LogP contribution is 2.73. The van der Waals surface area contributed by atoms with Crippen molar-refractivity contribution in [2.24, 2.45) is 22.7 Å². The number of hydrogen-bond donors (Lipinski definition) is 1. The van der Waals surface area contributed by atoms with E-state index in [1.165, 1.54) is 12.8 Å². The fourth-order valence-electron chi connectivity index (χ4n) is 7.55. The molecule has 6 rings (SSSR count). The molecule has 0 aromatic heterocycles. The Morgan fingerprint density at radius 1 is 1.00 bits per heavy atom. The molecular weight excluding hydrogens is 340 g/mol. The lowest BCUT2D eigenvalue weighted by Gasteiger charge is -2.52. The Bertz CT molecular complexity index is 703. The van der Waals surface area contributed by atoms with Gasteiger partial charge in [0.2, 0.25) is 0 Å². The van der Waals surface area contributed by atoms with Crippen molar-refractivity contribution in [1.29, 1.82) is 0 Å². The Kier molecular flexibility index (Phi) is 3.23. The fourth-order valence-corrected chi connectivity index (χ4v) is 7.55. The Morgan fingerprint density at radius 2 is 1.78 bits per heavy atom. The molecule has 0 aromatic carbocycles. The second-order valence-electron chi connectivity index (χ2n) is 11.5. The first-order chi connectivity index (χ1) is 12.7. The van der Waals surface area contributed by atoms with Gasteiger partial charge in [-0.05, 0) is 55.9 Å². The summed E-state index contributed by atoms with van der Waals surface area (Å²) in [5, 5.41) is 10.6. The van der Waals surface area contributed by atoms with E-state index in [0.29, 0.717) is 11.8 Å². The minimum Gasteiger partial charge on any atom is -0.393 e. The first-order valence-corrected chi connectivity index (χ1v) is 11.1. The largest absolute Gasteiger partial charge is 0.393 e. The first kappa shape index (κ1) is 17.4. The summed E-state index contributed by atoms with van der Waals surface area (Å²) in [6.07, 6.45) is 10.7. The third kappa shape index (κ3) is 2.09. The van der Waals surface area contributed by atoms with Crippen molar-refractivity contribution in [2.75, 3.05) is 13.2 Å². The predicted molar refractivity (Wildman–Crippen MR) is 101 cm³/mol. The number of epoxide rings is 1. The van der Waals surface area contributed by atoms with Crippen molar-refractivity contribution in [2.45, 2.75) is 95.2 Å². The molecule has 6 aliphatic rings. The van der Waals surface area contributed by atoms with E-state index in [4.69, 9.17) is 14.2 Å². The first-order valence-electron chi connectivity index (χ1n) is 11.1. The molecule has 6 atom stereocenters. The van der Waals surface area contributed by atoms with Crippen LogP contribution in [0.1, 0.15) is 72.1 Å². The van der Waals surface area contributed by atoms with Crippen LogP contribution < -0.4 is 0 Å². The normalized spacial score (nSPS) is 54.4. The second kappa shape index (κ2) is 5.00. The van der Waals surface area contributed by atoms with E-state index in [1.54, 1.807) is 5.57 Å². The minimum absolute atomic E-state index is 0.0459. The third-order valence-corrected chi connectivity index (χ3v) is 9.26. The van der Waals surface area contributed by atoms with Gasteiger partial charge in [-0.2, -0.15) is 0 Å². The topological polar surface area (TPSA) is 51.2 Å². The number of allylic oxidation sites excluding steroid dienone is 1. The summed E-state index contributed by atoms with van der Waals surface area (Å²) < 4.78 is 19.4. The molecule has 150 valence electrons. The summed E-state index contributed by atoms with van der Waals surface area (Å²) in [5.41, 5.74) is 1.67. The summed E-state index contributed by atoms with van der Waals surface area (Å²) >= 11 is 0. The van der Waals surface area contributed by atoms with Gasteiger partial charge in [-0.15, -0.1) is 0 Å². The molecule has 4 heteroatoms. The van der Waals surface area contributed by atoms with Crippen LogP contribution in [0.25, 0.3) is 0 Å². The number of aliphatic hydroxyl groups is 1. The van der Waals surface area contributed by atoms with Crippen LogP contribution in [-0.2, 0) is 14.2 Å². The molecule has 0 radical (unpaired) electrons. The fraction of sp³-hybridized carbons (Fsp3) is 0.913. The number of aliphatic hydroxyl groups excluding tert-OH is 1. The molecule has 4 aliphatic carbocycles. The Morgan fingerprint density at radius 3 is 2.56 bits per heavy atom. The van der Waals surface area contributed by atoms with Gasteiger partial charge < -0.3 is 19.3 Å². The lowest BCUT2D eigenvalue weighted by atomic mass is 9.54. The average Bonchev–Trinajstić information content (AvgIpc) is 3.23. The molecule has 3 saturated carbocycles. The quantitative estimate of drug-likeness (QED) is 0.515. The van der Waals surface area contributed by atoms with Crippen molar-refractivity contribution in [3.05, 3.63) is 11.6 Å².